The van der Waals surface area contributed by atoms with E-state index < -0.39 is 64.2 Å². The van der Waals surface area contributed by atoms with Crippen LogP contribution in [0.2, 0.25) is 15.1 Å². The number of likely N-dealkylation sites (N-methyl/N-ethyl adjacent to an activating group) is 1. The quantitative estimate of drug-likeness (QED) is 0.278. The summed E-state index contributed by atoms with van der Waals surface area (Å²) in [5.41, 5.74) is -4.04. The number of hydrogen-bond donors (Lipinski definition) is 1. The van der Waals surface area contributed by atoms with Crippen molar-refractivity contribution in [2.75, 3.05) is 14.1 Å². The summed E-state index contributed by atoms with van der Waals surface area (Å²) in [6.45, 7) is 1.25. The van der Waals surface area contributed by atoms with Gasteiger partial charge in [0.1, 0.15) is 17.8 Å². The smallest absolute Gasteiger partial charge is 0.347 e. The van der Waals surface area contributed by atoms with E-state index in [0.29, 0.717) is 12.1 Å². The molecule has 2 rings (SSSR count). The van der Waals surface area contributed by atoms with Crippen LogP contribution in [0.3, 0.4) is 0 Å². The molecular weight excluding hydrogens is 576 g/mol. The lowest BCUT2D eigenvalue weighted by Crippen LogP contribution is -2.44. The predicted molar refractivity (Wildman–Crippen MR) is 126 cm³/mol. The standard InChI is InChI=1S/C23H18Cl3F7N2O2/c1-10(21(37)35(2)3)34-20(36)13-5-4-11(6-15(13)23(31,32)33)18(27)9-14(22(28,29)30)12-7-16(24)19(26)17(25)8-12/h4-10,14H,1-3H3,(H,34,36)/b18-9-/t10-,14?/m1/s1. The normalized spacial score (nSPS) is 14.2. The molecule has 2 atom stereocenters. The molecule has 0 aliphatic carbocycles. The van der Waals surface area contributed by atoms with Crippen molar-refractivity contribution < 1.29 is 40.3 Å². The molecule has 1 N–H and O–H groups in total. The molecule has 0 heterocycles. The number of alkyl halides is 6. The molecule has 0 saturated heterocycles. The number of nitrogens with one attached hydrogen (secondary N) is 1. The van der Waals surface area contributed by atoms with Crippen molar-refractivity contribution in [1.29, 1.82) is 0 Å². The lowest BCUT2D eigenvalue weighted by atomic mass is 9.95. The van der Waals surface area contributed by atoms with Crippen molar-refractivity contribution >= 4 is 52.4 Å². The second-order valence-corrected chi connectivity index (χ2v) is 9.21. The van der Waals surface area contributed by atoms with Crippen LogP contribution in [0.1, 0.15) is 39.9 Å². The first-order chi connectivity index (χ1) is 16.8. The highest BCUT2D eigenvalue weighted by molar-refractivity contribution is 6.48. The van der Waals surface area contributed by atoms with E-state index in [1.165, 1.54) is 21.0 Å². The molecule has 0 spiro atoms. The maximum absolute atomic E-state index is 14.9. The predicted octanol–water partition coefficient (Wildman–Crippen LogP) is 7.53. The second kappa shape index (κ2) is 11.5. The first-order valence-corrected chi connectivity index (χ1v) is 11.3. The molecule has 2 aromatic rings. The molecule has 202 valence electrons. The van der Waals surface area contributed by atoms with Gasteiger partial charge in [-0.2, -0.15) is 26.3 Å². The lowest BCUT2D eigenvalue weighted by Gasteiger charge is -2.20. The molecule has 0 saturated carbocycles. The van der Waals surface area contributed by atoms with Gasteiger partial charge >= 0.3 is 12.4 Å². The lowest BCUT2D eigenvalue weighted by molar-refractivity contribution is -0.140. The number of halogens is 10. The van der Waals surface area contributed by atoms with Gasteiger partial charge in [-0.05, 0) is 42.8 Å². The Morgan fingerprint density at radius 2 is 1.51 bits per heavy atom. The maximum atomic E-state index is 14.9. The number of carbonyl (C=O) groups excluding carboxylic acids is 2. The Balaban J connectivity index is 2.55. The van der Waals surface area contributed by atoms with Crippen molar-refractivity contribution in [1.82, 2.24) is 10.2 Å². The molecule has 37 heavy (non-hydrogen) atoms. The third-order valence-corrected chi connectivity index (χ3v) is 6.23. The van der Waals surface area contributed by atoms with Crippen LogP contribution >= 0.6 is 34.8 Å². The van der Waals surface area contributed by atoms with E-state index in [2.05, 4.69) is 5.32 Å². The zero-order chi connectivity index (χ0) is 28.5. The van der Waals surface area contributed by atoms with E-state index in [4.69, 9.17) is 34.8 Å². The number of rotatable bonds is 6. The number of nitrogens with zero attached hydrogens (tertiary/aromatic N) is 1. The van der Waals surface area contributed by atoms with Gasteiger partial charge < -0.3 is 10.2 Å². The summed E-state index contributed by atoms with van der Waals surface area (Å²) >= 11 is 17.3. The first-order valence-electron chi connectivity index (χ1n) is 10.2. The Morgan fingerprint density at radius 3 is 1.97 bits per heavy atom. The molecule has 14 heteroatoms. The Morgan fingerprint density at radius 1 is 0.973 bits per heavy atom. The van der Waals surface area contributed by atoms with Gasteiger partial charge in [0.15, 0.2) is 0 Å². The number of allylic oxidation sites excluding steroid dienone is 1. The average molecular weight is 594 g/mol. The van der Waals surface area contributed by atoms with E-state index in [1.807, 2.05) is 0 Å². The van der Waals surface area contributed by atoms with Crippen molar-refractivity contribution in [3.63, 3.8) is 0 Å². The highest BCUT2D eigenvalue weighted by Crippen LogP contribution is 2.42. The summed E-state index contributed by atoms with van der Waals surface area (Å²) in [5.74, 6) is -6.19. The SMILES string of the molecule is C[C@@H](NC(=O)c1ccc(/C(F)=C/C(c2cc(Cl)c(Cl)c(Cl)c2)C(F)(F)F)cc1C(F)(F)F)C(=O)N(C)C. The van der Waals surface area contributed by atoms with Crippen LogP contribution in [0.4, 0.5) is 30.7 Å². The van der Waals surface area contributed by atoms with Crippen LogP contribution in [-0.4, -0.2) is 43.0 Å². The first kappa shape index (κ1) is 30.7. The molecule has 2 aromatic carbocycles. The van der Waals surface area contributed by atoms with Crippen LogP contribution in [-0.2, 0) is 11.0 Å². The van der Waals surface area contributed by atoms with Crippen molar-refractivity contribution in [3.8, 4) is 0 Å². The topological polar surface area (TPSA) is 49.4 Å². The van der Waals surface area contributed by atoms with Gasteiger partial charge in [0.25, 0.3) is 5.91 Å². The van der Waals surface area contributed by atoms with Crippen molar-refractivity contribution in [2.45, 2.75) is 31.2 Å². The fourth-order valence-corrected chi connectivity index (χ4v) is 3.84. The highest BCUT2D eigenvalue weighted by atomic mass is 35.5. The summed E-state index contributed by atoms with van der Waals surface area (Å²) in [6.07, 6.45) is -10.2. The van der Waals surface area contributed by atoms with Crippen molar-refractivity contribution in [2.24, 2.45) is 0 Å². The van der Waals surface area contributed by atoms with E-state index in [-0.39, 0.29) is 27.2 Å². The van der Waals surface area contributed by atoms with Gasteiger partial charge in [-0.25, -0.2) is 4.39 Å². The van der Waals surface area contributed by atoms with Gasteiger partial charge in [-0.1, -0.05) is 40.9 Å². The molecule has 0 aliphatic heterocycles. The van der Waals surface area contributed by atoms with Gasteiger partial charge in [-0.15, -0.1) is 0 Å². The minimum atomic E-state index is -5.18. The van der Waals surface area contributed by atoms with Crippen LogP contribution in [0.5, 0.6) is 0 Å². The largest absolute Gasteiger partial charge is 0.417 e. The molecular formula is C23H18Cl3F7N2O2. The van der Waals surface area contributed by atoms with E-state index in [1.54, 1.807) is 0 Å². The zero-order valence-electron chi connectivity index (χ0n) is 19.2. The van der Waals surface area contributed by atoms with Crippen LogP contribution < -0.4 is 5.32 Å². The van der Waals surface area contributed by atoms with Gasteiger partial charge in [0, 0.05) is 19.7 Å². The summed E-state index contributed by atoms with van der Waals surface area (Å²) in [6, 6.07) is 1.94. The molecule has 0 aromatic heterocycles. The number of amides is 2. The van der Waals surface area contributed by atoms with Gasteiger partial charge in [-0.3, -0.25) is 9.59 Å². The monoisotopic (exact) mass is 592 g/mol. The van der Waals surface area contributed by atoms with Gasteiger partial charge in [0.2, 0.25) is 5.91 Å². The summed E-state index contributed by atoms with van der Waals surface area (Å²) in [5, 5.41) is 1.18. The maximum Gasteiger partial charge on any atom is 0.417 e. The Bertz CT molecular complexity index is 1200. The van der Waals surface area contributed by atoms with Crippen molar-refractivity contribution in [3.05, 3.63) is 73.7 Å². The minimum absolute atomic E-state index is 0.0585. The molecule has 2 amide bonds. The second-order valence-electron chi connectivity index (χ2n) is 8.02. The van der Waals surface area contributed by atoms with Crippen LogP contribution in [0, 0.1) is 0 Å². The highest BCUT2D eigenvalue weighted by Gasteiger charge is 2.41. The number of carbonyl (C=O) groups is 2. The fourth-order valence-electron chi connectivity index (χ4n) is 3.23. The molecule has 1 unspecified atom stereocenters. The summed E-state index contributed by atoms with van der Waals surface area (Å²) in [7, 11) is 2.74. The number of benzene rings is 2. The summed E-state index contributed by atoms with van der Waals surface area (Å²) < 4.78 is 97.2. The third kappa shape index (κ3) is 7.52. The van der Waals surface area contributed by atoms with Crippen LogP contribution in [0.25, 0.3) is 5.83 Å². The van der Waals surface area contributed by atoms with E-state index in [9.17, 15) is 40.3 Å². The van der Waals surface area contributed by atoms with Crippen LogP contribution in [0.15, 0.2) is 36.4 Å². The molecule has 0 aliphatic rings. The molecule has 0 fully saturated rings. The Hall–Kier alpha value is -2.50. The van der Waals surface area contributed by atoms with E-state index in [0.717, 1.165) is 17.0 Å². The third-order valence-electron chi connectivity index (χ3n) is 5.04. The fraction of sp³-hybridized carbons (Fsp3) is 0.304. The summed E-state index contributed by atoms with van der Waals surface area (Å²) in [4.78, 5) is 25.5. The Labute approximate surface area is 222 Å². The molecule has 0 radical (unpaired) electrons. The average Bonchev–Trinajstić information content (AvgIpc) is 2.77. The molecule has 0 bridgehead atoms. The minimum Gasteiger partial charge on any atom is -0.347 e. The number of hydrogen-bond acceptors (Lipinski definition) is 2. The Kier molecular flexibility index (Phi) is 9.54. The van der Waals surface area contributed by atoms with E-state index >= 15 is 0 Å². The molecule has 4 nitrogen and oxygen atoms in total. The van der Waals surface area contributed by atoms with Gasteiger partial charge in [0.05, 0.1) is 26.2 Å². The zero-order valence-corrected chi connectivity index (χ0v) is 21.4.